The van der Waals surface area contributed by atoms with Crippen LogP contribution in [0.5, 0.6) is 0 Å². The number of aromatic amines is 1. The lowest BCUT2D eigenvalue weighted by molar-refractivity contribution is -0.127. The monoisotopic (exact) mass is 306 g/mol. The molecule has 120 valence electrons. The van der Waals surface area contributed by atoms with Crippen molar-refractivity contribution in [2.45, 2.75) is 38.8 Å². The van der Waals surface area contributed by atoms with Gasteiger partial charge < -0.3 is 4.98 Å². The third-order valence-electron chi connectivity index (χ3n) is 6.73. The van der Waals surface area contributed by atoms with Gasteiger partial charge >= 0.3 is 0 Å². The van der Waals surface area contributed by atoms with Gasteiger partial charge in [0.1, 0.15) is 0 Å². The van der Waals surface area contributed by atoms with Crippen LogP contribution in [0.2, 0.25) is 0 Å². The zero-order chi connectivity index (χ0) is 15.6. The number of benzene rings is 1. The number of aromatic nitrogens is 1. The maximum atomic E-state index is 3.42. The summed E-state index contributed by atoms with van der Waals surface area (Å²) in [7, 11) is 0. The molecule has 2 aliphatic heterocycles. The molecular weight excluding hydrogens is 280 g/mol. The number of rotatable bonds is 4. The molecule has 0 radical (unpaired) electrons. The molecule has 0 spiro atoms. The summed E-state index contributed by atoms with van der Waals surface area (Å²) in [5.41, 5.74) is 2.75. The van der Waals surface area contributed by atoms with E-state index >= 15 is 0 Å². The Balaban J connectivity index is 1.36. The predicted molar refractivity (Wildman–Crippen MR) is 95.3 cm³/mol. The van der Waals surface area contributed by atoms with Gasteiger partial charge in [0.15, 0.2) is 0 Å². The number of hydrogen-bond donors (Lipinski definition) is 1. The number of nitrogens with one attached hydrogen (secondary N) is 1. The Labute approximate surface area is 138 Å². The van der Waals surface area contributed by atoms with Crippen molar-refractivity contribution in [3.8, 4) is 0 Å². The first kappa shape index (κ1) is 13.9. The van der Waals surface area contributed by atoms with Crippen molar-refractivity contribution in [2.24, 2.45) is 23.7 Å². The molecule has 1 saturated carbocycles. The zero-order valence-corrected chi connectivity index (χ0v) is 14.1. The number of hydrogen-bond acceptors (Lipinski definition) is 1. The van der Waals surface area contributed by atoms with E-state index in [-0.39, 0.29) is 0 Å². The van der Waals surface area contributed by atoms with Gasteiger partial charge in [-0.05, 0) is 42.2 Å². The summed E-state index contributed by atoms with van der Waals surface area (Å²) in [6, 6.07) is 10.3. The Bertz CT molecular complexity index is 748. The number of piperidine rings is 1. The lowest BCUT2D eigenvalue weighted by Crippen LogP contribution is -2.70. The molecule has 23 heavy (non-hydrogen) atoms. The van der Waals surface area contributed by atoms with E-state index in [1.165, 1.54) is 35.9 Å². The van der Waals surface area contributed by atoms with Crippen molar-refractivity contribution >= 4 is 10.9 Å². The van der Waals surface area contributed by atoms with Crippen LogP contribution >= 0.6 is 0 Å². The van der Waals surface area contributed by atoms with Gasteiger partial charge in [-0.15, -0.1) is 0 Å². The predicted octanol–water partition coefficient (Wildman–Crippen LogP) is 4.24. The molecule has 3 heterocycles. The minimum absolute atomic E-state index is 0.806. The Morgan fingerprint density at radius 2 is 2.04 bits per heavy atom. The molecule has 1 aromatic heterocycles. The molecule has 3 fully saturated rings. The second-order valence-electron chi connectivity index (χ2n) is 8.10. The van der Waals surface area contributed by atoms with Crippen molar-refractivity contribution in [1.82, 2.24) is 9.88 Å². The Hall–Kier alpha value is -1.54. The molecule has 4 aliphatic rings. The number of fused-ring (bicyclic) bond motifs is 2. The van der Waals surface area contributed by atoms with E-state index in [0.717, 1.165) is 35.8 Å². The van der Waals surface area contributed by atoms with Crippen LogP contribution in [0.15, 0.2) is 42.6 Å². The summed E-state index contributed by atoms with van der Waals surface area (Å²) in [6.07, 6.45) is 9.86. The van der Waals surface area contributed by atoms with Crippen LogP contribution in [0.3, 0.4) is 0 Å². The van der Waals surface area contributed by atoms with Crippen LogP contribution in [-0.2, 0) is 6.42 Å². The van der Waals surface area contributed by atoms with E-state index in [2.05, 4.69) is 66.3 Å². The molecule has 1 aromatic carbocycles. The first-order chi connectivity index (χ1) is 11.2. The van der Waals surface area contributed by atoms with Gasteiger partial charge in [-0.1, -0.05) is 44.2 Å². The largest absolute Gasteiger partial charge is 0.361 e. The van der Waals surface area contributed by atoms with Crippen molar-refractivity contribution < 1.29 is 0 Å². The molecule has 2 nitrogen and oxygen atoms in total. The second-order valence-corrected chi connectivity index (χ2v) is 8.10. The smallest absolute Gasteiger partial charge is 0.0456 e. The Kier molecular flexibility index (Phi) is 3.00. The van der Waals surface area contributed by atoms with Crippen molar-refractivity contribution in [2.75, 3.05) is 6.54 Å². The van der Waals surface area contributed by atoms with Crippen LogP contribution in [-0.4, -0.2) is 28.5 Å². The molecule has 2 aromatic rings. The molecule has 1 N–H and O–H groups in total. The fraction of sp³-hybridized carbons (Fsp3) is 0.524. The minimum Gasteiger partial charge on any atom is -0.361 e. The summed E-state index contributed by atoms with van der Waals surface area (Å²) in [5, 5.41) is 1.40. The van der Waals surface area contributed by atoms with E-state index < -0.39 is 0 Å². The highest BCUT2D eigenvalue weighted by Crippen LogP contribution is 2.55. The zero-order valence-electron chi connectivity index (χ0n) is 14.1. The number of H-pyrrole nitrogens is 1. The topological polar surface area (TPSA) is 19.0 Å². The summed E-state index contributed by atoms with van der Waals surface area (Å²) in [4.78, 5) is 6.26. The first-order valence-corrected chi connectivity index (χ1v) is 9.23. The standard InChI is InChI=1S/C21H26N2/c1-13(2)18-11-14-7-8-17-20(14)23(21(17)18)10-9-15-12-22-19-6-4-3-5-16(15)19/h3-8,12-14,17-18,20-22H,9-11H2,1-2H3. The third kappa shape index (κ3) is 1.91. The van der Waals surface area contributed by atoms with Crippen molar-refractivity contribution in [1.29, 1.82) is 0 Å². The van der Waals surface area contributed by atoms with Crippen LogP contribution in [0, 0.1) is 23.7 Å². The van der Waals surface area contributed by atoms with Gasteiger partial charge in [-0.25, -0.2) is 0 Å². The fourth-order valence-corrected chi connectivity index (χ4v) is 5.64. The maximum absolute atomic E-state index is 3.42. The van der Waals surface area contributed by atoms with Crippen LogP contribution in [0.25, 0.3) is 10.9 Å². The van der Waals surface area contributed by atoms with Gasteiger partial charge in [0.05, 0.1) is 0 Å². The fourth-order valence-electron chi connectivity index (χ4n) is 5.64. The van der Waals surface area contributed by atoms with Crippen LogP contribution in [0.1, 0.15) is 25.8 Å². The quantitative estimate of drug-likeness (QED) is 0.837. The summed E-state index contributed by atoms with van der Waals surface area (Å²) in [6.45, 7) is 6.05. The highest BCUT2D eigenvalue weighted by Gasteiger charge is 2.59. The molecule has 6 rings (SSSR count). The van der Waals surface area contributed by atoms with Crippen LogP contribution < -0.4 is 0 Å². The molecular formula is C21H26N2. The van der Waals surface area contributed by atoms with Gasteiger partial charge in [0.25, 0.3) is 0 Å². The number of nitrogens with zero attached hydrogens (tertiary/aromatic N) is 1. The second kappa shape index (κ2) is 4.98. The highest BCUT2D eigenvalue weighted by molar-refractivity contribution is 5.83. The third-order valence-corrected chi connectivity index (χ3v) is 6.73. The molecule has 5 unspecified atom stereocenters. The maximum Gasteiger partial charge on any atom is 0.0456 e. The van der Waals surface area contributed by atoms with Gasteiger partial charge in [-0.2, -0.15) is 0 Å². The van der Waals surface area contributed by atoms with Crippen molar-refractivity contribution in [3.05, 3.63) is 48.2 Å². The van der Waals surface area contributed by atoms with Gasteiger partial charge in [-0.3, -0.25) is 4.90 Å². The normalized spacial score (nSPS) is 35.2. The average Bonchev–Trinajstić information content (AvgIpc) is 3.07. The molecule has 2 saturated heterocycles. The SMILES string of the molecule is CC(C)C1CC2C=CC3C2N(CCc2c[nH]c4ccccc24)C31. The lowest BCUT2D eigenvalue weighted by Gasteiger charge is -2.62. The molecule has 5 atom stereocenters. The molecule has 2 aliphatic carbocycles. The minimum atomic E-state index is 0.806. The first-order valence-electron chi connectivity index (χ1n) is 9.23. The molecule has 4 bridgehead atoms. The average molecular weight is 306 g/mol. The summed E-state index contributed by atoms with van der Waals surface area (Å²) >= 11 is 0. The molecule has 0 amide bonds. The van der Waals surface area contributed by atoms with E-state index in [9.17, 15) is 0 Å². The summed E-state index contributed by atoms with van der Waals surface area (Å²) < 4.78 is 0. The van der Waals surface area contributed by atoms with Crippen molar-refractivity contribution in [3.63, 3.8) is 0 Å². The van der Waals surface area contributed by atoms with Gasteiger partial charge in [0.2, 0.25) is 0 Å². The van der Waals surface area contributed by atoms with E-state index in [0.29, 0.717) is 0 Å². The van der Waals surface area contributed by atoms with E-state index in [1.807, 2.05) is 0 Å². The van der Waals surface area contributed by atoms with Gasteiger partial charge in [0, 0.05) is 41.6 Å². The lowest BCUT2D eigenvalue weighted by atomic mass is 9.61. The Morgan fingerprint density at radius 3 is 2.87 bits per heavy atom. The highest BCUT2D eigenvalue weighted by atomic mass is 15.3. The van der Waals surface area contributed by atoms with E-state index in [4.69, 9.17) is 0 Å². The molecule has 2 heteroatoms. The summed E-state index contributed by atoms with van der Waals surface area (Å²) in [5.74, 6) is 3.36. The van der Waals surface area contributed by atoms with Crippen LogP contribution in [0.4, 0.5) is 0 Å². The van der Waals surface area contributed by atoms with E-state index in [1.54, 1.807) is 0 Å². The number of para-hydroxylation sites is 1. The Morgan fingerprint density at radius 1 is 1.17 bits per heavy atom.